The van der Waals surface area contributed by atoms with Crippen LogP contribution in [0.15, 0.2) is 18.5 Å². The Hall–Kier alpha value is -3.40. The van der Waals surface area contributed by atoms with Gasteiger partial charge in [-0.3, -0.25) is 0 Å². The third-order valence-corrected chi connectivity index (χ3v) is 7.22. The number of aromatic nitrogens is 2. The summed E-state index contributed by atoms with van der Waals surface area (Å²) in [6.07, 6.45) is 5.70. The third kappa shape index (κ3) is 3.50. The van der Waals surface area contributed by atoms with E-state index >= 15 is 0 Å². The predicted octanol–water partition coefficient (Wildman–Crippen LogP) is 3.60. The van der Waals surface area contributed by atoms with Crippen LogP contribution in [0.5, 0.6) is 5.75 Å². The number of methoxy groups -OCH3 is 1. The van der Waals surface area contributed by atoms with Crippen molar-refractivity contribution in [2.24, 2.45) is 0 Å². The Labute approximate surface area is 189 Å². The molecule has 3 aromatic rings. The fraction of sp³-hybridized carbons (Fsp3) is 0.364. The van der Waals surface area contributed by atoms with Gasteiger partial charge >= 0.3 is 6.03 Å². The summed E-state index contributed by atoms with van der Waals surface area (Å²) >= 11 is 1.62. The van der Waals surface area contributed by atoms with Crippen LogP contribution >= 0.6 is 11.3 Å². The molecule has 1 aromatic carbocycles. The molecule has 0 unspecified atom stereocenters. The number of thiophene rings is 1. The van der Waals surface area contributed by atoms with E-state index in [9.17, 15) is 4.79 Å². The predicted molar refractivity (Wildman–Crippen MR) is 126 cm³/mol. The second-order valence-corrected chi connectivity index (χ2v) is 9.09. The van der Waals surface area contributed by atoms with Crippen molar-refractivity contribution in [1.82, 2.24) is 19.8 Å². The monoisotopic (exact) mass is 451 g/mol. The molecule has 5 rings (SSSR count). The lowest BCUT2D eigenvalue weighted by molar-refractivity contribution is 0.158. The van der Waals surface area contributed by atoms with E-state index in [1.807, 2.05) is 9.80 Å². The minimum absolute atomic E-state index is 0.140. The zero-order valence-electron chi connectivity index (χ0n) is 17.9. The van der Waals surface area contributed by atoms with Gasteiger partial charge in [0.05, 0.1) is 24.7 Å². The molecule has 2 amide bonds. The van der Waals surface area contributed by atoms with Crippen LogP contribution in [0.4, 0.5) is 22.0 Å². The smallest absolute Gasteiger partial charge is 0.320 e. The molecule has 1 saturated heterocycles. The number of benzene rings is 1. The number of carbonyl (C=O) groups is 1. The van der Waals surface area contributed by atoms with Crippen molar-refractivity contribution in [3.05, 3.63) is 34.5 Å². The Morgan fingerprint density at radius 3 is 2.81 bits per heavy atom. The van der Waals surface area contributed by atoms with E-state index < -0.39 is 0 Å². The van der Waals surface area contributed by atoms with E-state index in [1.165, 1.54) is 11.8 Å². The number of hydrogen-bond acceptors (Lipinski definition) is 8. The van der Waals surface area contributed by atoms with Gasteiger partial charge in [-0.1, -0.05) is 0 Å². The Morgan fingerprint density at radius 1 is 1.25 bits per heavy atom. The molecule has 2 aromatic heterocycles. The lowest BCUT2D eigenvalue weighted by Gasteiger charge is -2.31. The van der Waals surface area contributed by atoms with Crippen molar-refractivity contribution < 1.29 is 9.53 Å². The van der Waals surface area contributed by atoms with Gasteiger partial charge in [0.1, 0.15) is 22.7 Å². The molecule has 166 valence electrons. The van der Waals surface area contributed by atoms with Gasteiger partial charge < -0.3 is 31.0 Å². The van der Waals surface area contributed by atoms with E-state index in [2.05, 4.69) is 15.3 Å². The van der Waals surface area contributed by atoms with E-state index in [4.69, 9.17) is 15.9 Å². The number of nitrogens with two attached hydrogens (primary N) is 1. The van der Waals surface area contributed by atoms with Crippen molar-refractivity contribution in [3.8, 4) is 5.75 Å². The molecule has 0 atom stereocenters. The van der Waals surface area contributed by atoms with E-state index in [0.717, 1.165) is 47.4 Å². The van der Waals surface area contributed by atoms with Crippen molar-refractivity contribution in [3.63, 3.8) is 0 Å². The summed E-state index contributed by atoms with van der Waals surface area (Å²) in [6.45, 7) is 3.00. The zero-order chi connectivity index (χ0) is 22.2. The molecule has 0 aliphatic carbocycles. The van der Waals surface area contributed by atoms with Crippen LogP contribution in [0.2, 0.25) is 0 Å². The summed E-state index contributed by atoms with van der Waals surface area (Å²) in [6, 6.07) is 3.62. The Balaban J connectivity index is 1.48. The summed E-state index contributed by atoms with van der Waals surface area (Å²) in [5.41, 5.74) is 8.95. The molecule has 32 heavy (non-hydrogen) atoms. The van der Waals surface area contributed by atoms with Crippen LogP contribution in [0.3, 0.4) is 0 Å². The standard InChI is InChI=1S/C22H25N7O2S/c1-31-17-9-15(24)13(10-23)8-16(17)27-20-19-14-4-7-29(22(30)28-5-2-3-6-28)11-18(14)32-21(19)26-12-25-20/h8-10,12,23H,2-7,11,24H2,1H3,(H,25,26,27). The van der Waals surface area contributed by atoms with Gasteiger partial charge in [-0.2, -0.15) is 0 Å². The first-order valence-corrected chi connectivity index (χ1v) is 11.4. The lowest BCUT2D eigenvalue weighted by atomic mass is 10.0. The maximum Gasteiger partial charge on any atom is 0.320 e. The maximum absolute atomic E-state index is 12.9. The number of nitrogens with zero attached hydrogens (tertiary/aromatic N) is 4. The molecule has 0 bridgehead atoms. The first-order valence-electron chi connectivity index (χ1n) is 10.6. The largest absolute Gasteiger partial charge is 0.494 e. The lowest BCUT2D eigenvalue weighted by Crippen LogP contribution is -2.43. The molecule has 0 saturated carbocycles. The summed E-state index contributed by atoms with van der Waals surface area (Å²) in [5.74, 6) is 1.26. The summed E-state index contributed by atoms with van der Waals surface area (Å²) in [7, 11) is 1.58. The van der Waals surface area contributed by atoms with Gasteiger partial charge in [0.2, 0.25) is 0 Å². The minimum atomic E-state index is 0.140. The van der Waals surface area contributed by atoms with Crippen molar-refractivity contribution in [2.75, 3.05) is 37.8 Å². The Kier molecular flexibility index (Phi) is 5.30. The molecule has 0 radical (unpaired) electrons. The molecule has 10 heteroatoms. The summed E-state index contributed by atoms with van der Waals surface area (Å²) < 4.78 is 5.49. The number of fused-ring (bicyclic) bond motifs is 3. The van der Waals surface area contributed by atoms with Crippen LogP contribution in [-0.4, -0.2) is 58.8 Å². The van der Waals surface area contributed by atoms with E-state index in [0.29, 0.717) is 41.6 Å². The van der Waals surface area contributed by atoms with Crippen LogP contribution in [0.1, 0.15) is 28.8 Å². The molecule has 4 N–H and O–H groups in total. The van der Waals surface area contributed by atoms with Crippen molar-refractivity contribution in [2.45, 2.75) is 25.8 Å². The van der Waals surface area contributed by atoms with Crippen molar-refractivity contribution >= 4 is 51.0 Å². The third-order valence-electron chi connectivity index (χ3n) is 6.10. The van der Waals surface area contributed by atoms with E-state index in [1.54, 1.807) is 36.9 Å². The van der Waals surface area contributed by atoms with Crippen LogP contribution < -0.4 is 15.8 Å². The highest BCUT2D eigenvalue weighted by molar-refractivity contribution is 7.19. The number of hydrogen-bond donors (Lipinski definition) is 3. The molecular weight excluding hydrogens is 426 g/mol. The average molecular weight is 452 g/mol. The van der Waals surface area contributed by atoms with Gasteiger partial charge in [-0.15, -0.1) is 11.3 Å². The first kappa shape index (κ1) is 20.5. The molecule has 2 aliphatic rings. The Bertz CT molecular complexity index is 1200. The average Bonchev–Trinajstić information content (AvgIpc) is 3.47. The fourth-order valence-electron chi connectivity index (χ4n) is 4.43. The van der Waals surface area contributed by atoms with Crippen molar-refractivity contribution in [1.29, 1.82) is 5.41 Å². The van der Waals surface area contributed by atoms with E-state index in [-0.39, 0.29) is 6.03 Å². The zero-order valence-corrected chi connectivity index (χ0v) is 18.7. The van der Waals surface area contributed by atoms with Gasteiger partial charge in [-0.05, 0) is 30.9 Å². The molecular formula is C22H25N7O2S. The molecule has 0 spiro atoms. The van der Waals surface area contributed by atoms with Gasteiger partial charge in [0, 0.05) is 48.0 Å². The Morgan fingerprint density at radius 2 is 2.06 bits per heavy atom. The first-order chi connectivity index (χ1) is 15.6. The second kappa shape index (κ2) is 8.27. The summed E-state index contributed by atoms with van der Waals surface area (Å²) in [5, 5.41) is 12.0. The maximum atomic E-state index is 12.9. The number of rotatable bonds is 4. The summed E-state index contributed by atoms with van der Waals surface area (Å²) in [4.78, 5) is 27.8. The molecule has 2 aliphatic heterocycles. The quantitative estimate of drug-likeness (QED) is 0.412. The van der Waals surface area contributed by atoms with Gasteiger partial charge in [0.15, 0.2) is 0 Å². The number of ether oxygens (including phenoxy) is 1. The fourth-order valence-corrected chi connectivity index (χ4v) is 5.63. The highest BCUT2D eigenvalue weighted by atomic mass is 32.1. The molecule has 9 nitrogen and oxygen atoms in total. The number of likely N-dealkylation sites (tertiary alicyclic amines) is 1. The minimum Gasteiger partial charge on any atom is -0.494 e. The second-order valence-electron chi connectivity index (χ2n) is 8.01. The molecule has 1 fully saturated rings. The number of nitrogens with one attached hydrogen (secondary N) is 2. The number of urea groups is 1. The molecule has 4 heterocycles. The number of amides is 2. The van der Waals surface area contributed by atoms with Gasteiger partial charge in [0.25, 0.3) is 0 Å². The normalized spacial score (nSPS) is 15.7. The highest BCUT2D eigenvalue weighted by Crippen LogP contribution is 2.40. The van der Waals surface area contributed by atoms with Crippen LogP contribution in [-0.2, 0) is 13.0 Å². The SMILES string of the molecule is COc1cc(N)c(C=N)cc1Nc1ncnc2sc3c(c12)CCN(C(=O)N1CCCC1)C3. The van der Waals surface area contributed by atoms with Crippen LogP contribution in [0, 0.1) is 5.41 Å². The topological polar surface area (TPSA) is 120 Å². The number of nitrogen functional groups attached to an aromatic ring is 1. The highest BCUT2D eigenvalue weighted by Gasteiger charge is 2.30. The number of anilines is 3. The van der Waals surface area contributed by atoms with Gasteiger partial charge in [-0.25, -0.2) is 14.8 Å². The van der Waals surface area contributed by atoms with Crippen LogP contribution in [0.25, 0.3) is 10.2 Å². The number of carbonyl (C=O) groups excluding carboxylic acids is 1.